The molecule has 3 N–H and O–H groups in total. The molecule has 0 bridgehead atoms. The lowest BCUT2D eigenvalue weighted by molar-refractivity contribution is 0.317. The SMILES string of the molecule is CC(CN)(NCc1ccccc1)C1CC1. The van der Waals surface area contributed by atoms with E-state index in [1.165, 1.54) is 18.4 Å². The third-order valence-electron chi connectivity index (χ3n) is 3.44. The average molecular weight is 204 g/mol. The molecule has 82 valence electrons. The first-order valence-corrected chi connectivity index (χ1v) is 5.73. The van der Waals surface area contributed by atoms with Crippen LogP contribution >= 0.6 is 0 Å². The van der Waals surface area contributed by atoms with E-state index in [1.807, 2.05) is 6.07 Å². The number of nitrogens with one attached hydrogen (secondary N) is 1. The minimum Gasteiger partial charge on any atom is -0.329 e. The molecule has 0 radical (unpaired) electrons. The van der Waals surface area contributed by atoms with E-state index in [0.29, 0.717) is 0 Å². The molecule has 15 heavy (non-hydrogen) atoms. The highest BCUT2D eigenvalue weighted by molar-refractivity contribution is 5.15. The summed E-state index contributed by atoms with van der Waals surface area (Å²) in [5, 5.41) is 3.60. The normalized spacial score (nSPS) is 19.9. The van der Waals surface area contributed by atoms with E-state index < -0.39 is 0 Å². The van der Waals surface area contributed by atoms with Gasteiger partial charge in [-0.2, -0.15) is 0 Å². The monoisotopic (exact) mass is 204 g/mol. The van der Waals surface area contributed by atoms with Crippen molar-refractivity contribution in [2.24, 2.45) is 11.7 Å². The highest BCUT2D eigenvalue weighted by Gasteiger charge is 2.39. The molecule has 0 saturated heterocycles. The van der Waals surface area contributed by atoms with Crippen LogP contribution in [0, 0.1) is 5.92 Å². The molecule has 1 unspecified atom stereocenters. The summed E-state index contributed by atoms with van der Waals surface area (Å²) >= 11 is 0. The van der Waals surface area contributed by atoms with Gasteiger partial charge < -0.3 is 11.1 Å². The van der Waals surface area contributed by atoms with E-state index in [2.05, 4.69) is 36.5 Å². The summed E-state index contributed by atoms with van der Waals surface area (Å²) in [5.41, 5.74) is 7.32. The largest absolute Gasteiger partial charge is 0.329 e. The van der Waals surface area contributed by atoms with Gasteiger partial charge >= 0.3 is 0 Å². The van der Waals surface area contributed by atoms with E-state index in [4.69, 9.17) is 5.73 Å². The summed E-state index contributed by atoms with van der Waals surface area (Å²) in [6, 6.07) is 10.5. The molecule has 2 nitrogen and oxygen atoms in total. The van der Waals surface area contributed by atoms with Crippen molar-refractivity contribution in [2.45, 2.75) is 31.8 Å². The molecule has 0 amide bonds. The second-order valence-corrected chi connectivity index (χ2v) is 4.74. The first-order chi connectivity index (χ1) is 7.24. The van der Waals surface area contributed by atoms with E-state index in [0.717, 1.165) is 19.0 Å². The van der Waals surface area contributed by atoms with Gasteiger partial charge in [-0.15, -0.1) is 0 Å². The van der Waals surface area contributed by atoms with Gasteiger partial charge in [0.05, 0.1) is 0 Å². The zero-order valence-corrected chi connectivity index (χ0v) is 9.37. The Labute approximate surface area is 91.9 Å². The molecule has 1 fully saturated rings. The summed E-state index contributed by atoms with van der Waals surface area (Å²) in [5.74, 6) is 0.784. The maximum Gasteiger partial charge on any atom is 0.0306 e. The molecule has 1 aliphatic carbocycles. The van der Waals surface area contributed by atoms with Gasteiger partial charge in [-0.05, 0) is 31.2 Å². The van der Waals surface area contributed by atoms with Crippen LogP contribution in [0.3, 0.4) is 0 Å². The summed E-state index contributed by atoms with van der Waals surface area (Å²) in [4.78, 5) is 0. The van der Waals surface area contributed by atoms with Gasteiger partial charge in [0.25, 0.3) is 0 Å². The smallest absolute Gasteiger partial charge is 0.0306 e. The Morgan fingerprint density at radius 1 is 1.33 bits per heavy atom. The Hall–Kier alpha value is -0.860. The van der Waals surface area contributed by atoms with E-state index in [-0.39, 0.29) is 5.54 Å². The standard InChI is InChI=1S/C13H20N2/c1-13(10-14,12-7-8-12)15-9-11-5-3-2-4-6-11/h2-6,12,15H,7-10,14H2,1H3. The van der Waals surface area contributed by atoms with Gasteiger partial charge in [0.2, 0.25) is 0 Å². The summed E-state index contributed by atoms with van der Waals surface area (Å²) in [7, 11) is 0. The van der Waals surface area contributed by atoms with Crippen LogP contribution < -0.4 is 11.1 Å². The molecule has 0 aliphatic heterocycles. The van der Waals surface area contributed by atoms with Gasteiger partial charge in [-0.3, -0.25) is 0 Å². The number of hydrogen-bond acceptors (Lipinski definition) is 2. The third kappa shape index (κ3) is 2.58. The lowest BCUT2D eigenvalue weighted by Gasteiger charge is -2.29. The first kappa shape index (κ1) is 10.7. The molecule has 2 heteroatoms. The Balaban J connectivity index is 1.91. The molecular weight excluding hydrogens is 184 g/mol. The minimum atomic E-state index is 0.135. The zero-order chi connectivity index (χ0) is 10.7. The van der Waals surface area contributed by atoms with Gasteiger partial charge in [0.15, 0.2) is 0 Å². The molecular formula is C13H20N2. The van der Waals surface area contributed by atoms with E-state index in [1.54, 1.807) is 0 Å². The van der Waals surface area contributed by atoms with Crippen LogP contribution in [-0.4, -0.2) is 12.1 Å². The molecule has 1 aliphatic rings. The molecule has 0 aromatic heterocycles. The summed E-state index contributed by atoms with van der Waals surface area (Å²) in [6.45, 7) is 3.89. The maximum absolute atomic E-state index is 5.85. The van der Waals surface area contributed by atoms with Crippen molar-refractivity contribution >= 4 is 0 Å². The molecule has 1 saturated carbocycles. The van der Waals surface area contributed by atoms with Gasteiger partial charge in [-0.25, -0.2) is 0 Å². The molecule has 1 aromatic rings. The average Bonchev–Trinajstić information content (AvgIpc) is 3.11. The summed E-state index contributed by atoms with van der Waals surface area (Å²) < 4.78 is 0. The quantitative estimate of drug-likeness (QED) is 0.769. The fourth-order valence-electron chi connectivity index (χ4n) is 2.00. The van der Waals surface area contributed by atoms with Crippen molar-refractivity contribution in [3.05, 3.63) is 35.9 Å². The number of nitrogens with two attached hydrogens (primary N) is 1. The lowest BCUT2D eigenvalue weighted by atomic mass is 9.95. The Kier molecular flexibility index (Phi) is 3.08. The van der Waals surface area contributed by atoms with Gasteiger partial charge in [0.1, 0.15) is 0 Å². The van der Waals surface area contributed by atoms with Crippen LogP contribution in [0.5, 0.6) is 0 Å². The predicted octanol–water partition coefficient (Wildman–Crippen LogP) is 1.90. The van der Waals surface area contributed by atoms with Crippen molar-refractivity contribution in [1.29, 1.82) is 0 Å². The van der Waals surface area contributed by atoms with Crippen molar-refractivity contribution in [2.75, 3.05) is 6.54 Å². The van der Waals surface area contributed by atoms with Crippen LogP contribution in [0.2, 0.25) is 0 Å². The number of benzene rings is 1. The number of rotatable bonds is 5. The van der Waals surface area contributed by atoms with Crippen LogP contribution in [0.25, 0.3) is 0 Å². The Morgan fingerprint density at radius 2 is 2.00 bits per heavy atom. The molecule has 1 aromatic carbocycles. The predicted molar refractivity (Wildman–Crippen MR) is 63.5 cm³/mol. The van der Waals surface area contributed by atoms with Crippen molar-refractivity contribution in [3.63, 3.8) is 0 Å². The second kappa shape index (κ2) is 4.33. The zero-order valence-electron chi connectivity index (χ0n) is 9.37. The highest BCUT2D eigenvalue weighted by Crippen LogP contribution is 2.39. The fraction of sp³-hybridized carbons (Fsp3) is 0.538. The van der Waals surface area contributed by atoms with Crippen molar-refractivity contribution in [3.8, 4) is 0 Å². The molecule has 0 spiro atoms. The lowest BCUT2D eigenvalue weighted by Crippen LogP contribution is -2.50. The second-order valence-electron chi connectivity index (χ2n) is 4.74. The molecule has 0 heterocycles. The first-order valence-electron chi connectivity index (χ1n) is 5.73. The van der Waals surface area contributed by atoms with E-state index in [9.17, 15) is 0 Å². The summed E-state index contributed by atoms with van der Waals surface area (Å²) in [6.07, 6.45) is 2.66. The maximum atomic E-state index is 5.85. The van der Waals surface area contributed by atoms with Crippen LogP contribution in [0.4, 0.5) is 0 Å². The van der Waals surface area contributed by atoms with Crippen LogP contribution in [0.15, 0.2) is 30.3 Å². The molecule has 1 atom stereocenters. The topological polar surface area (TPSA) is 38.0 Å². The van der Waals surface area contributed by atoms with Crippen LogP contribution in [-0.2, 0) is 6.54 Å². The van der Waals surface area contributed by atoms with Gasteiger partial charge in [-0.1, -0.05) is 30.3 Å². The third-order valence-corrected chi connectivity index (χ3v) is 3.44. The van der Waals surface area contributed by atoms with Crippen LogP contribution in [0.1, 0.15) is 25.3 Å². The Morgan fingerprint density at radius 3 is 2.53 bits per heavy atom. The highest BCUT2D eigenvalue weighted by atomic mass is 15.0. The van der Waals surface area contributed by atoms with Gasteiger partial charge in [0, 0.05) is 18.6 Å². The molecule has 2 rings (SSSR count). The number of hydrogen-bond donors (Lipinski definition) is 2. The Bertz CT molecular complexity index is 306. The minimum absolute atomic E-state index is 0.135. The van der Waals surface area contributed by atoms with Crippen molar-refractivity contribution in [1.82, 2.24) is 5.32 Å². The van der Waals surface area contributed by atoms with E-state index >= 15 is 0 Å². The fourth-order valence-corrected chi connectivity index (χ4v) is 2.00. The van der Waals surface area contributed by atoms with Crippen molar-refractivity contribution < 1.29 is 0 Å².